The van der Waals surface area contributed by atoms with E-state index in [-0.39, 0.29) is 11.8 Å². The van der Waals surface area contributed by atoms with Gasteiger partial charge in [0.2, 0.25) is 11.8 Å². The monoisotopic (exact) mass is 373 g/mol. The van der Waals surface area contributed by atoms with Crippen molar-refractivity contribution in [1.82, 2.24) is 9.88 Å². The fourth-order valence-corrected chi connectivity index (χ4v) is 3.77. The summed E-state index contributed by atoms with van der Waals surface area (Å²) in [5.74, 6) is -0.119. The van der Waals surface area contributed by atoms with Crippen LogP contribution in [0.2, 0.25) is 0 Å². The van der Waals surface area contributed by atoms with Crippen LogP contribution in [-0.2, 0) is 29.0 Å². The van der Waals surface area contributed by atoms with Gasteiger partial charge in [0.15, 0.2) is 0 Å². The predicted octanol–water partition coefficient (Wildman–Crippen LogP) is 3.73. The zero-order chi connectivity index (χ0) is 19.7. The van der Waals surface area contributed by atoms with Crippen molar-refractivity contribution in [3.63, 3.8) is 0 Å². The van der Waals surface area contributed by atoms with Gasteiger partial charge < -0.3 is 15.2 Å². The lowest BCUT2D eigenvalue weighted by molar-refractivity contribution is -0.126. The molecule has 0 bridgehead atoms. The van der Waals surface area contributed by atoms with Gasteiger partial charge >= 0.3 is 0 Å². The third-order valence-electron chi connectivity index (χ3n) is 5.26. The number of nitrogens with one attached hydrogen (secondary N) is 2. The van der Waals surface area contributed by atoms with Gasteiger partial charge in [-0.15, -0.1) is 0 Å². The zero-order valence-corrected chi connectivity index (χ0v) is 15.9. The first kappa shape index (κ1) is 18.0. The Hall–Kier alpha value is -3.34. The molecule has 4 rings (SSSR count). The number of rotatable bonds is 4. The van der Waals surface area contributed by atoms with Crippen LogP contribution in [-0.4, -0.2) is 28.2 Å². The maximum absolute atomic E-state index is 12.6. The molecule has 2 heterocycles. The van der Waals surface area contributed by atoms with Crippen LogP contribution in [0.1, 0.15) is 22.3 Å². The molecule has 2 N–H and O–H groups in total. The Balaban J connectivity index is 1.48. The zero-order valence-electron chi connectivity index (χ0n) is 15.9. The molecule has 0 atom stereocenters. The standard InChI is InChI=1S/C23H23N3O2/c1-3-23(28)26-9-8-16-5-6-19(11-18(16)14-26)25-22(27)12-17-13-24-21-7-4-15(2)10-20(17)21/h3-7,10-11,13,24H,1,8-9,12,14H2,2H3,(H,25,27). The molecule has 0 aliphatic carbocycles. The number of fused-ring (bicyclic) bond motifs is 2. The third-order valence-corrected chi connectivity index (χ3v) is 5.26. The van der Waals surface area contributed by atoms with E-state index in [9.17, 15) is 9.59 Å². The van der Waals surface area contributed by atoms with Crippen LogP contribution in [0.15, 0.2) is 55.3 Å². The maximum atomic E-state index is 12.6. The Bertz CT molecular complexity index is 1080. The number of aryl methyl sites for hydroxylation is 1. The van der Waals surface area contributed by atoms with Crippen LogP contribution in [0, 0.1) is 6.92 Å². The van der Waals surface area contributed by atoms with Crippen LogP contribution < -0.4 is 5.32 Å². The van der Waals surface area contributed by atoms with Crippen LogP contribution in [0.4, 0.5) is 5.69 Å². The smallest absolute Gasteiger partial charge is 0.246 e. The van der Waals surface area contributed by atoms with E-state index in [0.29, 0.717) is 19.5 Å². The molecule has 28 heavy (non-hydrogen) atoms. The Kier molecular flexibility index (Phi) is 4.74. The first-order chi connectivity index (χ1) is 13.5. The molecule has 0 saturated carbocycles. The summed E-state index contributed by atoms with van der Waals surface area (Å²) in [4.78, 5) is 29.5. The molecular formula is C23H23N3O2. The van der Waals surface area contributed by atoms with Gasteiger partial charge in [-0.3, -0.25) is 9.59 Å². The molecule has 0 saturated heterocycles. The second-order valence-electron chi connectivity index (χ2n) is 7.29. The Morgan fingerprint density at radius 3 is 2.89 bits per heavy atom. The van der Waals surface area contributed by atoms with Crippen molar-refractivity contribution in [2.45, 2.75) is 26.3 Å². The van der Waals surface area contributed by atoms with Crippen molar-refractivity contribution in [3.05, 3.63) is 77.5 Å². The highest BCUT2D eigenvalue weighted by Crippen LogP contribution is 2.24. The number of H-pyrrole nitrogens is 1. The first-order valence-electron chi connectivity index (χ1n) is 9.43. The van der Waals surface area contributed by atoms with Gasteiger partial charge in [0.1, 0.15) is 0 Å². The number of amides is 2. The van der Waals surface area contributed by atoms with E-state index in [0.717, 1.165) is 34.1 Å². The second-order valence-corrected chi connectivity index (χ2v) is 7.29. The van der Waals surface area contributed by atoms with E-state index in [1.165, 1.54) is 17.2 Å². The minimum atomic E-state index is -0.0604. The molecule has 0 fully saturated rings. The van der Waals surface area contributed by atoms with Gasteiger partial charge in [0, 0.05) is 35.9 Å². The Morgan fingerprint density at radius 2 is 2.07 bits per heavy atom. The van der Waals surface area contributed by atoms with Crippen LogP contribution in [0.5, 0.6) is 0 Å². The SMILES string of the molecule is C=CC(=O)N1CCc2ccc(NC(=O)Cc3c[nH]c4ccc(C)cc34)cc2C1. The highest BCUT2D eigenvalue weighted by molar-refractivity contribution is 5.96. The number of benzene rings is 2. The topological polar surface area (TPSA) is 65.2 Å². The molecule has 2 amide bonds. The van der Waals surface area contributed by atoms with Gasteiger partial charge in [-0.25, -0.2) is 0 Å². The summed E-state index contributed by atoms with van der Waals surface area (Å²) in [6.45, 7) is 6.85. The summed E-state index contributed by atoms with van der Waals surface area (Å²) in [5, 5.41) is 4.07. The van der Waals surface area contributed by atoms with E-state index >= 15 is 0 Å². The summed E-state index contributed by atoms with van der Waals surface area (Å²) in [6, 6.07) is 12.1. The Labute approximate surface area is 164 Å². The van der Waals surface area contributed by atoms with E-state index in [2.05, 4.69) is 29.0 Å². The summed E-state index contributed by atoms with van der Waals surface area (Å²) in [6.07, 6.45) is 4.37. The van der Waals surface area contributed by atoms with E-state index in [4.69, 9.17) is 0 Å². The lowest BCUT2D eigenvalue weighted by atomic mass is 9.99. The number of carbonyl (C=O) groups is 2. The Morgan fingerprint density at radius 1 is 1.21 bits per heavy atom. The minimum Gasteiger partial charge on any atom is -0.361 e. The van der Waals surface area contributed by atoms with Crippen LogP contribution >= 0.6 is 0 Å². The first-order valence-corrected chi connectivity index (χ1v) is 9.43. The molecule has 1 aliphatic heterocycles. The van der Waals surface area contributed by atoms with Crippen LogP contribution in [0.3, 0.4) is 0 Å². The third kappa shape index (κ3) is 3.56. The van der Waals surface area contributed by atoms with Crippen molar-refractivity contribution in [3.8, 4) is 0 Å². The number of hydrogen-bond donors (Lipinski definition) is 2. The molecule has 142 valence electrons. The minimum absolute atomic E-state index is 0.0582. The number of aromatic nitrogens is 1. The fraction of sp³-hybridized carbons (Fsp3) is 0.217. The van der Waals surface area contributed by atoms with Crippen molar-refractivity contribution in [1.29, 1.82) is 0 Å². The van der Waals surface area contributed by atoms with Crippen molar-refractivity contribution < 1.29 is 9.59 Å². The molecule has 1 aliphatic rings. The number of carbonyl (C=O) groups excluding carboxylic acids is 2. The maximum Gasteiger partial charge on any atom is 0.246 e. The molecule has 2 aromatic carbocycles. The normalized spacial score (nSPS) is 13.2. The summed E-state index contributed by atoms with van der Waals surface area (Å²) < 4.78 is 0. The average molecular weight is 373 g/mol. The molecule has 1 aromatic heterocycles. The molecule has 0 radical (unpaired) electrons. The van der Waals surface area contributed by atoms with E-state index in [1.54, 1.807) is 4.90 Å². The lowest BCUT2D eigenvalue weighted by Gasteiger charge is -2.28. The number of anilines is 1. The van der Waals surface area contributed by atoms with Gasteiger partial charge in [0.05, 0.1) is 6.42 Å². The summed E-state index contributed by atoms with van der Waals surface area (Å²) in [5.41, 5.74) is 6.24. The van der Waals surface area contributed by atoms with Crippen LogP contribution in [0.25, 0.3) is 10.9 Å². The van der Waals surface area contributed by atoms with Gasteiger partial charge in [-0.1, -0.05) is 24.3 Å². The highest BCUT2D eigenvalue weighted by Gasteiger charge is 2.19. The number of nitrogens with zero attached hydrogens (tertiary/aromatic N) is 1. The molecule has 3 aromatic rings. The van der Waals surface area contributed by atoms with Crippen molar-refractivity contribution in [2.75, 3.05) is 11.9 Å². The number of aromatic amines is 1. The molecule has 5 nitrogen and oxygen atoms in total. The average Bonchev–Trinajstić information content (AvgIpc) is 3.08. The van der Waals surface area contributed by atoms with Gasteiger partial charge in [-0.2, -0.15) is 0 Å². The van der Waals surface area contributed by atoms with Gasteiger partial charge in [0.25, 0.3) is 0 Å². The number of hydrogen-bond acceptors (Lipinski definition) is 2. The van der Waals surface area contributed by atoms with Gasteiger partial charge in [-0.05, 0) is 60.4 Å². The molecule has 0 unspecified atom stereocenters. The molecule has 0 spiro atoms. The fourth-order valence-electron chi connectivity index (χ4n) is 3.77. The predicted molar refractivity (Wildman–Crippen MR) is 111 cm³/mol. The summed E-state index contributed by atoms with van der Waals surface area (Å²) in [7, 11) is 0. The van der Waals surface area contributed by atoms with E-state index in [1.807, 2.05) is 37.4 Å². The lowest BCUT2D eigenvalue weighted by Crippen LogP contribution is -2.34. The highest BCUT2D eigenvalue weighted by atomic mass is 16.2. The van der Waals surface area contributed by atoms with Crippen molar-refractivity contribution in [2.24, 2.45) is 0 Å². The summed E-state index contributed by atoms with van der Waals surface area (Å²) >= 11 is 0. The van der Waals surface area contributed by atoms with E-state index < -0.39 is 0 Å². The largest absolute Gasteiger partial charge is 0.361 e. The quantitative estimate of drug-likeness (QED) is 0.685. The second kappa shape index (κ2) is 7.35. The molecular weight excluding hydrogens is 350 g/mol. The molecule has 5 heteroatoms. The van der Waals surface area contributed by atoms with Crippen molar-refractivity contribution >= 4 is 28.4 Å².